The van der Waals surface area contributed by atoms with Gasteiger partial charge in [-0.1, -0.05) is 25.3 Å². The third kappa shape index (κ3) is 7.58. The molecule has 1 atom stereocenters. The highest BCUT2D eigenvalue weighted by molar-refractivity contribution is 7.11. The van der Waals surface area contributed by atoms with Crippen molar-refractivity contribution in [3.63, 3.8) is 0 Å². The van der Waals surface area contributed by atoms with E-state index >= 15 is 0 Å². The molecule has 166 valence electrons. The fraction of sp³-hybridized carbons (Fsp3) is 0.583. The average molecular weight is 433 g/mol. The van der Waals surface area contributed by atoms with Gasteiger partial charge in [0.15, 0.2) is 11.5 Å². The molecule has 6 heteroatoms. The topological polar surface area (TPSA) is 54.0 Å². The van der Waals surface area contributed by atoms with Crippen LogP contribution in [0.1, 0.15) is 47.4 Å². The van der Waals surface area contributed by atoms with E-state index in [0.29, 0.717) is 18.0 Å². The fourth-order valence-electron chi connectivity index (χ4n) is 3.89. The number of hydrogen-bond donors (Lipinski definition) is 2. The van der Waals surface area contributed by atoms with Crippen LogP contribution in [-0.4, -0.2) is 49.5 Å². The summed E-state index contributed by atoms with van der Waals surface area (Å²) in [5.74, 6) is 1.39. The minimum Gasteiger partial charge on any atom is -0.493 e. The van der Waals surface area contributed by atoms with Crippen LogP contribution in [-0.2, 0) is 13.1 Å². The number of likely N-dealkylation sites (tertiary alicyclic amines) is 1. The quantitative estimate of drug-likeness (QED) is 0.584. The van der Waals surface area contributed by atoms with Gasteiger partial charge in [-0.2, -0.15) is 0 Å². The molecule has 5 nitrogen and oxygen atoms in total. The molecule has 0 aliphatic carbocycles. The number of aliphatic hydroxyl groups excluding tert-OH is 1. The van der Waals surface area contributed by atoms with Crippen LogP contribution in [0.5, 0.6) is 11.5 Å². The Hall–Kier alpha value is -1.60. The number of rotatable bonds is 10. The van der Waals surface area contributed by atoms with Gasteiger partial charge in [0.1, 0.15) is 12.7 Å². The maximum atomic E-state index is 10.5. The van der Waals surface area contributed by atoms with E-state index in [-0.39, 0.29) is 6.61 Å². The van der Waals surface area contributed by atoms with Gasteiger partial charge in [0, 0.05) is 29.4 Å². The van der Waals surface area contributed by atoms with E-state index in [4.69, 9.17) is 9.47 Å². The van der Waals surface area contributed by atoms with Crippen LogP contribution in [0.4, 0.5) is 0 Å². The normalized spacial score (nSPS) is 16.6. The van der Waals surface area contributed by atoms with Crippen LogP contribution in [0.3, 0.4) is 0 Å². The lowest BCUT2D eigenvalue weighted by molar-refractivity contribution is 0.0644. The Morgan fingerprint density at radius 2 is 1.80 bits per heavy atom. The Bertz CT molecular complexity index is 757. The predicted octanol–water partition coefficient (Wildman–Crippen LogP) is 4.36. The van der Waals surface area contributed by atoms with Crippen LogP contribution in [0.2, 0.25) is 0 Å². The van der Waals surface area contributed by atoms with Crippen molar-refractivity contribution in [2.75, 3.05) is 33.4 Å². The first kappa shape index (κ1) is 23.1. The first-order valence-electron chi connectivity index (χ1n) is 11.1. The second kappa shape index (κ2) is 12.3. The average Bonchev–Trinajstić information content (AvgIpc) is 3.13. The Labute approximate surface area is 185 Å². The van der Waals surface area contributed by atoms with Crippen LogP contribution in [0.25, 0.3) is 0 Å². The van der Waals surface area contributed by atoms with Gasteiger partial charge < -0.3 is 24.8 Å². The molecular weight excluding hydrogens is 396 g/mol. The summed E-state index contributed by atoms with van der Waals surface area (Å²) in [5.41, 5.74) is 1.14. The van der Waals surface area contributed by atoms with Crippen molar-refractivity contribution in [1.82, 2.24) is 10.2 Å². The van der Waals surface area contributed by atoms with Gasteiger partial charge in [0.25, 0.3) is 0 Å². The number of methoxy groups -OCH3 is 1. The van der Waals surface area contributed by atoms with Crippen molar-refractivity contribution in [2.45, 2.75) is 58.2 Å². The second-order valence-electron chi connectivity index (χ2n) is 8.13. The van der Waals surface area contributed by atoms with E-state index < -0.39 is 6.10 Å². The van der Waals surface area contributed by atoms with Crippen molar-refractivity contribution in [3.8, 4) is 11.5 Å². The first-order valence-corrected chi connectivity index (χ1v) is 11.9. The Morgan fingerprint density at radius 1 is 1.03 bits per heavy atom. The smallest absolute Gasteiger partial charge is 0.161 e. The lowest BCUT2D eigenvalue weighted by atomic mass is 10.1. The molecule has 1 fully saturated rings. The van der Waals surface area contributed by atoms with E-state index in [9.17, 15) is 5.11 Å². The zero-order chi connectivity index (χ0) is 21.2. The largest absolute Gasteiger partial charge is 0.493 e. The van der Waals surface area contributed by atoms with Gasteiger partial charge in [-0.15, -0.1) is 11.3 Å². The molecule has 0 unspecified atom stereocenters. The van der Waals surface area contributed by atoms with E-state index in [1.165, 1.54) is 41.9 Å². The maximum absolute atomic E-state index is 10.5. The van der Waals surface area contributed by atoms with E-state index in [0.717, 1.165) is 31.7 Å². The summed E-state index contributed by atoms with van der Waals surface area (Å²) < 4.78 is 11.4. The molecule has 1 aliphatic heterocycles. The molecule has 0 saturated carbocycles. The highest BCUT2D eigenvalue weighted by atomic mass is 32.1. The number of nitrogens with one attached hydrogen (secondary N) is 1. The number of β-amino-alcohol motifs (C(OH)–C–C–N with tert-alkyl or cyclic N) is 1. The number of aryl methyl sites for hydroxylation is 1. The summed E-state index contributed by atoms with van der Waals surface area (Å²) in [6.45, 7) is 6.84. The van der Waals surface area contributed by atoms with Crippen molar-refractivity contribution < 1.29 is 14.6 Å². The third-order valence-corrected chi connectivity index (χ3v) is 6.50. The number of aliphatic hydroxyl groups is 1. The zero-order valence-electron chi connectivity index (χ0n) is 18.4. The first-order chi connectivity index (χ1) is 14.6. The zero-order valence-corrected chi connectivity index (χ0v) is 19.2. The highest BCUT2D eigenvalue weighted by Crippen LogP contribution is 2.28. The number of nitrogens with zero attached hydrogens (tertiary/aromatic N) is 1. The second-order valence-corrected chi connectivity index (χ2v) is 9.51. The molecule has 2 heterocycles. The molecule has 1 aliphatic rings. The number of hydrogen-bond acceptors (Lipinski definition) is 6. The lowest BCUT2D eigenvalue weighted by Crippen LogP contribution is -2.37. The van der Waals surface area contributed by atoms with Crippen LogP contribution in [0.15, 0.2) is 30.3 Å². The summed E-state index contributed by atoms with van der Waals surface area (Å²) in [4.78, 5) is 5.04. The Kier molecular flexibility index (Phi) is 9.46. The molecule has 2 N–H and O–H groups in total. The number of thiophene rings is 1. The summed E-state index contributed by atoms with van der Waals surface area (Å²) >= 11 is 1.82. The van der Waals surface area contributed by atoms with E-state index in [1.54, 1.807) is 7.11 Å². The van der Waals surface area contributed by atoms with Gasteiger partial charge in [-0.25, -0.2) is 0 Å². The van der Waals surface area contributed by atoms with Crippen LogP contribution >= 0.6 is 11.3 Å². The Balaban J connectivity index is 1.48. The lowest BCUT2D eigenvalue weighted by Gasteiger charge is -2.26. The molecule has 1 saturated heterocycles. The van der Waals surface area contributed by atoms with Gasteiger partial charge in [-0.3, -0.25) is 0 Å². The summed E-state index contributed by atoms with van der Waals surface area (Å²) in [7, 11) is 1.65. The SMILES string of the molecule is COc1ccc(CNCc2ccc(C)s2)cc1OC[C@H](O)CN1CCCCCCC1. The van der Waals surface area contributed by atoms with Crippen molar-refractivity contribution in [1.29, 1.82) is 0 Å². The Morgan fingerprint density at radius 3 is 2.50 bits per heavy atom. The molecule has 3 rings (SSSR count). The van der Waals surface area contributed by atoms with E-state index in [2.05, 4.69) is 35.3 Å². The molecule has 2 aromatic rings. The molecule has 0 amide bonds. The molecule has 1 aromatic heterocycles. The van der Waals surface area contributed by atoms with Crippen molar-refractivity contribution >= 4 is 11.3 Å². The molecule has 0 radical (unpaired) electrons. The highest BCUT2D eigenvalue weighted by Gasteiger charge is 2.15. The third-order valence-electron chi connectivity index (χ3n) is 5.50. The summed E-state index contributed by atoms with van der Waals surface area (Å²) in [6, 6.07) is 10.3. The van der Waals surface area contributed by atoms with Gasteiger partial charge in [0.05, 0.1) is 7.11 Å². The maximum Gasteiger partial charge on any atom is 0.161 e. The minimum atomic E-state index is -0.502. The predicted molar refractivity (Wildman–Crippen MR) is 124 cm³/mol. The van der Waals surface area contributed by atoms with Crippen LogP contribution in [0, 0.1) is 6.92 Å². The fourth-order valence-corrected chi connectivity index (χ4v) is 4.75. The van der Waals surface area contributed by atoms with Crippen molar-refractivity contribution in [3.05, 3.63) is 45.6 Å². The molecule has 30 heavy (non-hydrogen) atoms. The van der Waals surface area contributed by atoms with E-state index in [1.807, 2.05) is 23.5 Å². The standard InChI is InChI=1S/C24H36N2O3S/c1-19-8-10-22(30-19)16-25-15-20-9-11-23(28-2)24(14-20)29-18-21(27)17-26-12-6-4-3-5-7-13-26/h8-11,14,21,25,27H,3-7,12-13,15-18H2,1-2H3/t21-/m1/s1. The summed E-state index contributed by atoms with van der Waals surface area (Å²) in [5, 5.41) is 14.0. The van der Waals surface area contributed by atoms with Gasteiger partial charge in [-0.05, 0) is 62.7 Å². The molecular formula is C24H36N2O3S. The molecule has 0 bridgehead atoms. The summed E-state index contributed by atoms with van der Waals surface area (Å²) in [6.07, 6.45) is 5.89. The number of benzene rings is 1. The van der Waals surface area contributed by atoms with Crippen LogP contribution < -0.4 is 14.8 Å². The minimum absolute atomic E-state index is 0.276. The van der Waals surface area contributed by atoms with Crippen molar-refractivity contribution in [2.24, 2.45) is 0 Å². The number of ether oxygens (including phenoxy) is 2. The van der Waals surface area contributed by atoms with Gasteiger partial charge >= 0.3 is 0 Å². The monoisotopic (exact) mass is 432 g/mol. The molecule has 0 spiro atoms. The van der Waals surface area contributed by atoms with Gasteiger partial charge in [0.2, 0.25) is 0 Å². The molecule has 1 aromatic carbocycles.